The molecule has 0 heterocycles. The number of hydrogen-bond acceptors (Lipinski definition) is 3. The highest BCUT2D eigenvalue weighted by molar-refractivity contribution is 5.47. The maximum absolute atomic E-state index is 8.74. The Kier molecular flexibility index (Phi) is 3.49. The molecule has 0 aliphatic carbocycles. The van der Waals surface area contributed by atoms with Crippen LogP contribution in [0.4, 0.5) is 0 Å². The third kappa shape index (κ3) is 2.24. The van der Waals surface area contributed by atoms with Crippen LogP contribution in [0.25, 0.3) is 0 Å². The first-order chi connectivity index (χ1) is 6.69. The van der Waals surface area contributed by atoms with Gasteiger partial charge in [-0.05, 0) is 37.1 Å². The van der Waals surface area contributed by atoms with Gasteiger partial charge in [0.05, 0.1) is 11.6 Å². The molecule has 0 aliphatic heterocycles. The van der Waals surface area contributed by atoms with Crippen molar-refractivity contribution in [1.82, 2.24) is 0 Å². The van der Waals surface area contributed by atoms with Crippen molar-refractivity contribution in [2.75, 3.05) is 13.2 Å². The predicted octanol–water partition coefficient (Wildman–Crippen LogP) is 1.51. The van der Waals surface area contributed by atoms with E-state index in [1.54, 1.807) is 0 Å². The zero-order valence-electron chi connectivity index (χ0n) is 8.50. The SMILES string of the molecule is Cc1cc(C#N)cc(C)c1OCCN. The van der Waals surface area contributed by atoms with Gasteiger partial charge in [-0.25, -0.2) is 0 Å². The van der Waals surface area contributed by atoms with Crippen molar-refractivity contribution in [2.45, 2.75) is 13.8 Å². The first-order valence-corrected chi connectivity index (χ1v) is 4.53. The smallest absolute Gasteiger partial charge is 0.125 e. The Balaban J connectivity index is 3.01. The minimum atomic E-state index is 0.499. The molecular formula is C11H14N2O. The third-order valence-electron chi connectivity index (χ3n) is 1.95. The lowest BCUT2D eigenvalue weighted by Gasteiger charge is -2.11. The van der Waals surface area contributed by atoms with E-state index in [1.165, 1.54) is 0 Å². The van der Waals surface area contributed by atoms with Gasteiger partial charge in [-0.2, -0.15) is 5.26 Å². The lowest BCUT2D eigenvalue weighted by atomic mass is 10.1. The van der Waals surface area contributed by atoms with Gasteiger partial charge in [0.25, 0.3) is 0 Å². The highest BCUT2D eigenvalue weighted by Crippen LogP contribution is 2.24. The van der Waals surface area contributed by atoms with Crippen molar-refractivity contribution >= 4 is 0 Å². The van der Waals surface area contributed by atoms with Gasteiger partial charge in [0.15, 0.2) is 0 Å². The molecule has 0 spiro atoms. The summed E-state index contributed by atoms with van der Waals surface area (Å²) in [7, 11) is 0. The summed E-state index contributed by atoms with van der Waals surface area (Å²) in [4.78, 5) is 0. The number of ether oxygens (including phenoxy) is 1. The van der Waals surface area contributed by atoms with E-state index in [0.717, 1.165) is 16.9 Å². The third-order valence-corrected chi connectivity index (χ3v) is 1.95. The average molecular weight is 190 g/mol. The van der Waals surface area contributed by atoms with E-state index in [1.807, 2.05) is 26.0 Å². The predicted molar refractivity (Wildman–Crippen MR) is 55.2 cm³/mol. The molecule has 1 rings (SSSR count). The summed E-state index contributed by atoms with van der Waals surface area (Å²) < 4.78 is 5.48. The molecule has 3 nitrogen and oxygen atoms in total. The molecule has 0 amide bonds. The van der Waals surface area contributed by atoms with E-state index >= 15 is 0 Å². The molecule has 0 fully saturated rings. The Morgan fingerprint density at radius 3 is 2.36 bits per heavy atom. The van der Waals surface area contributed by atoms with Gasteiger partial charge in [-0.15, -0.1) is 0 Å². The van der Waals surface area contributed by atoms with E-state index in [4.69, 9.17) is 15.7 Å². The molecule has 0 aliphatic rings. The molecule has 0 saturated carbocycles. The Morgan fingerprint density at radius 2 is 1.93 bits per heavy atom. The molecule has 0 aromatic heterocycles. The number of nitriles is 1. The molecule has 1 aromatic rings. The molecular weight excluding hydrogens is 176 g/mol. The van der Waals surface area contributed by atoms with E-state index in [2.05, 4.69) is 6.07 Å². The van der Waals surface area contributed by atoms with Crippen molar-refractivity contribution in [2.24, 2.45) is 5.73 Å². The average Bonchev–Trinajstić information content (AvgIpc) is 2.16. The van der Waals surface area contributed by atoms with Crippen LogP contribution in [-0.4, -0.2) is 13.2 Å². The normalized spacial score (nSPS) is 9.57. The lowest BCUT2D eigenvalue weighted by Crippen LogP contribution is -2.11. The summed E-state index contributed by atoms with van der Waals surface area (Å²) in [6.45, 7) is 4.87. The van der Waals surface area contributed by atoms with Gasteiger partial charge in [0, 0.05) is 6.54 Å². The largest absolute Gasteiger partial charge is 0.492 e. The fourth-order valence-electron chi connectivity index (χ4n) is 1.40. The molecule has 0 unspecified atom stereocenters. The van der Waals surface area contributed by atoms with Crippen molar-refractivity contribution in [3.05, 3.63) is 28.8 Å². The summed E-state index contributed by atoms with van der Waals surface area (Å²) in [5.41, 5.74) is 7.98. The van der Waals surface area contributed by atoms with Gasteiger partial charge in [0.2, 0.25) is 0 Å². The Morgan fingerprint density at radius 1 is 1.36 bits per heavy atom. The minimum Gasteiger partial charge on any atom is -0.492 e. The van der Waals surface area contributed by atoms with Crippen molar-refractivity contribution in [3.8, 4) is 11.8 Å². The van der Waals surface area contributed by atoms with Crippen LogP contribution in [0.2, 0.25) is 0 Å². The van der Waals surface area contributed by atoms with Gasteiger partial charge < -0.3 is 10.5 Å². The van der Waals surface area contributed by atoms with Crippen LogP contribution < -0.4 is 10.5 Å². The first-order valence-electron chi connectivity index (χ1n) is 4.53. The number of rotatable bonds is 3. The summed E-state index contributed by atoms with van der Waals surface area (Å²) in [6, 6.07) is 5.75. The number of aryl methyl sites for hydroxylation is 2. The van der Waals surface area contributed by atoms with Crippen molar-refractivity contribution in [1.29, 1.82) is 5.26 Å². The van der Waals surface area contributed by atoms with Crippen molar-refractivity contribution < 1.29 is 4.74 Å². The number of hydrogen-bond donors (Lipinski definition) is 1. The number of nitrogens with two attached hydrogens (primary N) is 1. The molecule has 0 bridgehead atoms. The van der Waals surface area contributed by atoms with Crippen LogP contribution >= 0.6 is 0 Å². The zero-order valence-corrected chi connectivity index (χ0v) is 8.50. The zero-order chi connectivity index (χ0) is 10.6. The number of nitrogens with zero attached hydrogens (tertiary/aromatic N) is 1. The molecule has 14 heavy (non-hydrogen) atoms. The fourth-order valence-corrected chi connectivity index (χ4v) is 1.40. The molecule has 3 heteroatoms. The fraction of sp³-hybridized carbons (Fsp3) is 0.364. The quantitative estimate of drug-likeness (QED) is 0.786. The molecule has 0 atom stereocenters. The molecule has 0 saturated heterocycles. The second-order valence-corrected chi connectivity index (χ2v) is 3.19. The van der Waals surface area contributed by atoms with Gasteiger partial charge in [-0.3, -0.25) is 0 Å². The van der Waals surface area contributed by atoms with Crippen LogP contribution in [0.15, 0.2) is 12.1 Å². The van der Waals surface area contributed by atoms with Crippen LogP contribution in [0.3, 0.4) is 0 Å². The summed E-state index contributed by atoms with van der Waals surface area (Å²) >= 11 is 0. The maximum Gasteiger partial charge on any atom is 0.125 e. The van der Waals surface area contributed by atoms with E-state index in [9.17, 15) is 0 Å². The number of benzene rings is 1. The van der Waals surface area contributed by atoms with Crippen LogP contribution in [0.1, 0.15) is 16.7 Å². The highest BCUT2D eigenvalue weighted by Gasteiger charge is 2.05. The lowest BCUT2D eigenvalue weighted by molar-refractivity contribution is 0.324. The second kappa shape index (κ2) is 4.64. The topological polar surface area (TPSA) is 59.0 Å². The molecule has 0 radical (unpaired) electrons. The summed E-state index contributed by atoms with van der Waals surface area (Å²) in [5, 5.41) is 8.74. The van der Waals surface area contributed by atoms with E-state index in [-0.39, 0.29) is 0 Å². The van der Waals surface area contributed by atoms with Crippen molar-refractivity contribution in [3.63, 3.8) is 0 Å². The van der Waals surface area contributed by atoms with Gasteiger partial charge in [0.1, 0.15) is 12.4 Å². The first kappa shape index (κ1) is 10.6. The molecule has 74 valence electrons. The minimum absolute atomic E-state index is 0.499. The Labute approximate surface area is 84.1 Å². The Bertz CT molecular complexity index is 343. The highest BCUT2D eigenvalue weighted by atomic mass is 16.5. The summed E-state index contributed by atoms with van der Waals surface area (Å²) in [5.74, 6) is 0.842. The molecule has 1 aromatic carbocycles. The molecule has 2 N–H and O–H groups in total. The van der Waals surface area contributed by atoms with Gasteiger partial charge >= 0.3 is 0 Å². The summed E-state index contributed by atoms with van der Waals surface area (Å²) in [6.07, 6.45) is 0. The van der Waals surface area contributed by atoms with E-state index in [0.29, 0.717) is 18.7 Å². The van der Waals surface area contributed by atoms with Gasteiger partial charge in [-0.1, -0.05) is 0 Å². The van der Waals surface area contributed by atoms with E-state index < -0.39 is 0 Å². The Hall–Kier alpha value is -1.53. The van der Waals surface area contributed by atoms with Crippen LogP contribution in [0, 0.1) is 25.2 Å². The standard InChI is InChI=1S/C11H14N2O/c1-8-5-10(7-13)6-9(2)11(8)14-4-3-12/h5-6H,3-4,12H2,1-2H3. The second-order valence-electron chi connectivity index (χ2n) is 3.19. The monoisotopic (exact) mass is 190 g/mol. The van der Waals surface area contributed by atoms with Crippen LogP contribution in [-0.2, 0) is 0 Å². The maximum atomic E-state index is 8.74. The van der Waals surface area contributed by atoms with Crippen LogP contribution in [0.5, 0.6) is 5.75 Å².